The third kappa shape index (κ3) is 5.18. The minimum absolute atomic E-state index is 0.0987. The number of nitrogens with zero attached hydrogens (tertiary/aromatic N) is 1. The average Bonchev–Trinajstić information content (AvgIpc) is 3.41. The maximum Gasteiger partial charge on any atom is 0.323 e. The Morgan fingerprint density at radius 3 is 2.04 bits per heavy atom. The highest BCUT2D eigenvalue weighted by Crippen LogP contribution is 2.67. The van der Waals surface area contributed by atoms with Gasteiger partial charge in [0.15, 0.2) is 5.78 Å². The van der Waals surface area contributed by atoms with E-state index in [1.165, 1.54) is 7.11 Å². The Balaban J connectivity index is 1.60. The van der Waals surface area contributed by atoms with E-state index in [9.17, 15) is 4.79 Å². The summed E-state index contributed by atoms with van der Waals surface area (Å²) < 4.78 is 18.1. The molecule has 5 aromatic rings. The number of ether oxygens (including phenoxy) is 3. The Morgan fingerprint density at radius 2 is 1.38 bits per heavy atom. The Kier molecular flexibility index (Phi) is 8.31. The van der Waals surface area contributed by atoms with Crippen LogP contribution in [0.25, 0.3) is 0 Å². The molecule has 236 valence electrons. The number of rotatable bonds is 7. The van der Waals surface area contributed by atoms with Crippen molar-refractivity contribution in [3.63, 3.8) is 0 Å². The summed E-state index contributed by atoms with van der Waals surface area (Å²) in [4.78, 5) is 32.2. The monoisotopic (exact) mass is 643 g/mol. The number of fused-ring (bicyclic) bond motifs is 1. The largest absolute Gasteiger partial charge is 0.497 e. The first kappa shape index (κ1) is 30.7. The summed E-state index contributed by atoms with van der Waals surface area (Å²) in [6, 6.07) is 40.9. The quantitative estimate of drug-likeness (QED) is 0.167. The zero-order valence-corrected chi connectivity index (χ0v) is 26.8. The minimum Gasteiger partial charge on any atom is -0.497 e. The molecular formula is C40H34ClNO5. The van der Waals surface area contributed by atoms with Crippen LogP contribution in [0.4, 0.5) is 0 Å². The molecule has 7 heteroatoms. The smallest absolute Gasteiger partial charge is 0.323 e. The highest BCUT2D eigenvalue weighted by molar-refractivity contribution is 6.30. The summed E-state index contributed by atoms with van der Waals surface area (Å²) in [6.45, 7) is 0.375. The number of carbonyl (C=O) groups excluding carboxylic acids is 2. The van der Waals surface area contributed by atoms with Crippen LogP contribution in [0.2, 0.25) is 5.02 Å². The van der Waals surface area contributed by atoms with Crippen LogP contribution >= 0.6 is 11.6 Å². The van der Waals surface area contributed by atoms with E-state index in [1.807, 2.05) is 121 Å². The second-order valence-corrected chi connectivity index (χ2v) is 12.4. The summed E-state index contributed by atoms with van der Waals surface area (Å²) in [6.07, 6.45) is -0.771. The molecule has 2 aliphatic heterocycles. The van der Waals surface area contributed by atoms with Crippen molar-refractivity contribution in [2.24, 2.45) is 5.41 Å². The number of benzene rings is 5. The van der Waals surface area contributed by atoms with Crippen molar-refractivity contribution >= 4 is 23.4 Å². The standard InChI is InChI=1S/C40H34ClNO5/c1-45-31-23-19-28(20-24-31)36-40(37(43)32-15-9-10-16-33(32)47-38(40)29-13-7-4-8-14-29)34(27-17-21-30(41)22-18-27)35(39(44)46-2)42(36)25-26-11-5-3-6-12-26/h3-24,34-36,38H,25H2,1-2H3/t34-,35+,36+,38+,40-/m1/s1. The molecular weight excluding hydrogens is 610 g/mol. The van der Waals surface area contributed by atoms with Crippen molar-refractivity contribution in [1.82, 2.24) is 4.90 Å². The number of methoxy groups -OCH3 is 2. The van der Waals surface area contributed by atoms with Crippen LogP contribution in [-0.4, -0.2) is 36.9 Å². The van der Waals surface area contributed by atoms with E-state index in [0.29, 0.717) is 28.6 Å². The van der Waals surface area contributed by atoms with E-state index in [0.717, 1.165) is 22.3 Å². The van der Waals surface area contributed by atoms with Gasteiger partial charge in [-0.1, -0.05) is 109 Å². The summed E-state index contributed by atoms with van der Waals surface area (Å²) in [5.41, 5.74) is 2.60. The molecule has 0 aliphatic carbocycles. The molecule has 6 nitrogen and oxygen atoms in total. The van der Waals surface area contributed by atoms with Crippen LogP contribution in [0, 0.1) is 5.41 Å². The summed E-state index contributed by atoms with van der Waals surface area (Å²) in [7, 11) is 3.02. The van der Waals surface area contributed by atoms with Gasteiger partial charge in [0.05, 0.1) is 25.8 Å². The molecule has 0 amide bonds. The van der Waals surface area contributed by atoms with Crippen LogP contribution in [0.3, 0.4) is 0 Å². The van der Waals surface area contributed by atoms with Crippen molar-refractivity contribution in [3.05, 3.63) is 166 Å². The molecule has 0 saturated carbocycles. The number of halogens is 1. The molecule has 1 spiro atoms. The van der Waals surface area contributed by atoms with E-state index in [2.05, 4.69) is 4.90 Å². The Hall–Kier alpha value is -4.91. The number of Topliss-reactive ketones (excluding diaryl/α,β-unsaturated/α-hetero) is 1. The van der Waals surface area contributed by atoms with Crippen LogP contribution in [0.5, 0.6) is 11.5 Å². The second kappa shape index (κ2) is 12.7. The van der Waals surface area contributed by atoms with Gasteiger partial charge in [0, 0.05) is 17.5 Å². The third-order valence-electron chi connectivity index (χ3n) is 9.59. The summed E-state index contributed by atoms with van der Waals surface area (Å²) >= 11 is 6.43. The highest BCUT2D eigenvalue weighted by atomic mass is 35.5. The molecule has 5 atom stereocenters. The van der Waals surface area contributed by atoms with Gasteiger partial charge in [-0.05, 0) is 58.7 Å². The molecule has 7 rings (SSSR count). The molecule has 0 aromatic heterocycles. The zero-order valence-electron chi connectivity index (χ0n) is 26.1. The van der Waals surface area contributed by atoms with E-state index >= 15 is 4.79 Å². The summed E-state index contributed by atoms with van der Waals surface area (Å²) in [5, 5.41) is 0.555. The van der Waals surface area contributed by atoms with Crippen molar-refractivity contribution in [1.29, 1.82) is 0 Å². The Labute approximate surface area is 279 Å². The van der Waals surface area contributed by atoms with Gasteiger partial charge >= 0.3 is 5.97 Å². The predicted molar refractivity (Wildman–Crippen MR) is 181 cm³/mol. The number of ketones is 1. The van der Waals surface area contributed by atoms with Crippen LogP contribution in [0.1, 0.15) is 50.7 Å². The first-order valence-electron chi connectivity index (χ1n) is 15.6. The predicted octanol–water partition coefficient (Wildman–Crippen LogP) is 8.23. The van der Waals surface area contributed by atoms with Gasteiger partial charge in [0.1, 0.15) is 29.1 Å². The van der Waals surface area contributed by atoms with Crippen LogP contribution in [-0.2, 0) is 16.1 Å². The van der Waals surface area contributed by atoms with Gasteiger partial charge < -0.3 is 14.2 Å². The van der Waals surface area contributed by atoms with Gasteiger partial charge in [0.2, 0.25) is 0 Å². The number of likely N-dealkylation sites (tertiary alicyclic amines) is 1. The fraction of sp³-hybridized carbons (Fsp3) is 0.200. The Bertz CT molecular complexity index is 1880. The van der Waals surface area contributed by atoms with Crippen LogP contribution < -0.4 is 9.47 Å². The highest BCUT2D eigenvalue weighted by Gasteiger charge is 2.71. The topological polar surface area (TPSA) is 65.1 Å². The Morgan fingerprint density at radius 1 is 0.766 bits per heavy atom. The van der Waals surface area contributed by atoms with E-state index in [1.54, 1.807) is 19.2 Å². The summed E-state index contributed by atoms with van der Waals surface area (Å²) in [5.74, 6) is -0.0379. The number of hydrogen-bond donors (Lipinski definition) is 0. The lowest BCUT2D eigenvalue weighted by molar-refractivity contribution is -0.147. The number of carbonyl (C=O) groups is 2. The van der Waals surface area contributed by atoms with Crippen molar-refractivity contribution in [2.75, 3.05) is 14.2 Å². The van der Waals surface area contributed by atoms with Gasteiger partial charge in [-0.25, -0.2) is 0 Å². The fourth-order valence-electron chi connectivity index (χ4n) is 7.69. The molecule has 2 heterocycles. The third-order valence-corrected chi connectivity index (χ3v) is 9.84. The van der Waals surface area contributed by atoms with Crippen molar-refractivity contribution < 1.29 is 23.8 Å². The van der Waals surface area contributed by atoms with Gasteiger partial charge in [-0.2, -0.15) is 0 Å². The van der Waals surface area contributed by atoms with Crippen molar-refractivity contribution in [2.45, 2.75) is 30.7 Å². The lowest BCUT2D eigenvalue weighted by Crippen LogP contribution is -2.50. The van der Waals surface area contributed by atoms with Crippen LogP contribution in [0.15, 0.2) is 133 Å². The first-order chi connectivity index (χ1) is 23.0. The number of para-hydroxylation sites is 1. The maximum absolute atomic E-state index is 15.7. The molecule has 1 saturated heterocycles. The number of hydrogen-bond acceptors (Lipinski definition) is 6. The molecule has 0 radical (unpaired) electrons. The lowest BCUT2D eigenvalue weighted by Gasteiger charge is -2.48. The average molecular weight is 644 g/mol. The maximum atomic E-state index is 15.7. The fourth-order valence-corrected chi connectivity index (χ4v) is 7.82. The normalized spacial score (nSPS) is 23.6. The molecule has 2 aliphatic rings. The number of esters is 1. The first-order valence-corrected chi connectivity index (χ1v) is 16.0. The SMILES string of the molecule is COC(=O)[C@@H]1[C@@H](c2ccc(Cl)cc2)[C@]2(C(=O)c3ccccc3O[C@H]2c2ccccc2)[C@H](c2ccc(OC)cc2)N1Cc1ccccc1. The van der Waals surface area contributed by atoms with Gasteiger partial charge in [0.25, 0.3) is 0 Å². The molecule has 5 aromatic carbocycles. The molecule has 1 fully saturated rings. The second-order valence-electron chi connectivity index (χ2n) is 12.0. The van der Waals surface area contributed by atoms with Crippen molar-refractivity contribution in [3.8, 4) is 11.5 Å². The zero-order chi connectivity index (χ0) is 32.5. The van der Waals surface area contributed by atoms with E-state index in [4.69, 9.17) is 25.8 Å². The van der Waals surface area contributed by atoms with E-state index in [-0.39, 0.29) is 5.78 Å². The molecule has 0 N–H and O–H groups in total. The van der Waals surface area contributed by atoms with Gasteiger partial charge in [-0.3, -0.25) is 14.5 Å². The van der Waals surface area contributed by atoms with Gasteiger partial charge in [-0.15, -0.1) is 0 Å². The molecule has 47 heavy (non-hydrogen) atoms. The minimum atomic E-state index is -1.34. The molecule has 0 bridgehead atoms. The lowest BCUT2D eigenvalue weighted by atomic mass is 9.58. The molecule has 0 unspecified atom stereocenters. The van der Waals surface area contributed by atoms with E-state index < -0.39 is 35.5 Å².